The van der Waals surface area contributed by atoms with Crippen molar-refractivity contribution in [1.29, 1.82) is 0 Å². The van der Waals surface area contributed by atoms with E-state index in [0.717, 1.165) is 18.4 Å². The third kappa shape index (κ3) is 2.96. The van der Waals surface area contributed by atoms with E-state index in [4.69, 9.17) is 5.73 Å². The van der Waals surface area contributed by atoms with Gasteiger partial charge in [0.1, 0.15) is 0 Å². The van der Waals surface area contributed by atoms with E-state index in [2.05, 4.69) is 10.6 Å². The van der Waals surface area contributed by atoms with Gasteiger partial charge >= 0.3 is 6.03 Å². The topological polar surface area (TPSA) is 84.2 Å². The average Bonchev–Trinajstić information content (AvgIpc) is 3.04. The smallest absolute Gasteiger partial charge is 0.319 e. The molecular formula is C12H15N3O2. The molecule has 17 heavy (non-hydrogen) atoms. The summed E-state index contributed by atoms with van der Waals surface area (Å²) < 4.78 is 0. The van der Waals surface area contributed by atoms with Crippen LogP contribution in [0.15, 0.2) is 18.2 Å². The Morgan fingerprint density at radius 1 is 1.35 bits per heavy atom. The SMILES string of the molecule is Cc1ccc(C(N)=O)cc1NC(=O)NC1CC1. The van der Waals surface area contributed by atoms with Gasteiger partial charge in [0.25, 0.3) is 0 Å². The Kier molecular flexibility index (Phi) is 2.99. The molecule has 3 amide bonds. The van der Waals surface area contributed by atoms with E-state index in [-0.39, 0.29) is 6.03 Å². The van der Waals surface area contributed by atoms with Crippen LogP contribution in [-0.4, -0.2) is 18.0 Å². The van der Waals surface area contributed by atoms with Crippen LogP contribution in [0.3, 0.4) is 0 Å². The number of nitrogens with one attached hydrogen (secondary N) is 2. The largest absolute Gasteiger partial charge is 0.366 e. The lowest BCUT2D eigenvalue weighted by atomic mass is 10.1. The van der Waals surface area contributed by atoms with Gasteiger partial charge in [0.05, 0.1) is 0 Å². The first-order valence-electron chi connectivity index (χ1n) is 5.54. The van der Waals surface area contributed by atoms with Crippen LogP contribution in [0.5, 0.6) is 0 Å². The molecule has 0 aromatic heterocycles. The quantitative estimate of drug-likeness (QED) is 0.736. The molecule has 2 rings (SSSR count). The summed E-state index contributed by atoms with van der Waals surface area (Å²) in [5, 5.41) is 5.53. The molecule has 0 heterocycles. The predicted molar refractivity (Wildman–Crippen MR) is 64.9 cm³/mol. The number of benzene rings is 1. The summed E-state index contributed by atoms with van der Waals surface area (Å²) in [6.07, 6.45) is 2.07. The molecule has 1 aliphatic rings. The second-order valence-corrected chi connectivity index (χ2v) is 4.27. The first-order valence-corrected chi connectivity index (χ1v) is 5.54. The van der Waals surface area contributed by atoms with Gasteiger partial charge in [-0.05, 0) is 37.5 Å². The molecule has 1 aromatic rings. The summed E-state index contributed by atoms with van der Waals surface area (Å²) in [5.41, 5.74) is 7.07. The van der Waals surface area contributed by atoms with Crippen LogP contribution >= 0.6 is 0 Å². The van der Waals surface area contributed by atoms with Gasteiger partial charge in [-0.3, -0.25) is 4.79 Å². The Hall–Kier alpha value is -2.04. The van der Waals surface area contributed by atoms with Gasteiger partial charge in [-0.2, -0.15) is 0 Å². The second kappa shape index (κ2) is 4.45. The van der Waals surface area contributed by atoms with Gasteiger partial charge in [-0.15, -0.1) is 0 Å². The van der Waals surface area contributed by atoms with Crippen LogP contribution in [0, 0.1) is 6.92 Å². The number of rotatable bonds is 3. The molecule has 1 aliphatic carbocycles. The van der Waals surface area contributed by atoms with E-state index >= 15 is 0 Å². The Bertz CT molecular complexity index is 467. The first-order chi connectivity index (χ1) is 8.06. The lowest BCUT2D eigenvalue weighted by molar-refractivity contribution is 0.100. The number of carbonyl (C=O) groups excluding carboxylic acids is 2. The van der Waals surface area contributed by atoms with Crippen LogP contribution in [0.1, 0.15) is 28.8 Å². The number of carbonyl (C=O) groups is 2. The lowest BCUT2D eigenvalue weighted by Crippen LogP contribution is -2.30. The van der Waals surface area contributed by atoms with Crippen LogP contribution in [0.25, 0.3) is 0 Å². The monoisotopic (exact) mass is 233 g/mol. The van der Waals surface area contributed by atoms with Crippen molar-refractivity contribution < 1.29 is 9.59 Å². The summed E-state index contributed by atoms with van der Waals surface area (Å²) in [6.45, 7) is 1.86. The van der Waals surface area contributed by atoms with Crippen molar-refractivity contribution in [2.45, 2.75) is 25.8 Å². The maximum absolute atomic E-state index is 11.6. The van der Waals surface area contributed by atoms with Crippen LogP contribution in [-0.2, 0) is 0 Å². The normalized spacial score (nSPS) is 14.2. The number of hydrogen-bond donors (Lipinski definition) is 3. The highest BCUT2D eigenvalue weighted by atomic mass is 16.2. The Morgan fingerprint density at radius 2 is 2.06 bits per heavy atom. The zero-order valence-corrected chi connectivity index (χ0v) is 9.62. The fourth-order valence-electron chi connectivity index (χ4n) is 1.48. The second-order valence-electron chi connectivity index (χ2n) is 4.27. The van der Waals surface area contributed by atoms with E-state index < -0.39 is 5.91 Å². The van der Waals surface area contributed by atoms with Gasteiger partial charge in [0.2, 0.25) is 5.91 Å². The minimum Gasteiger partial charge on any atom is -0.366 e. The van der Waals surface area contributed by atoms with Crippen LogP contribution in [0.2, 0.25) is 0 Å². The molecule has 0 saturated heterocycles. The minimum absolute atomic E-state index is 0.239. The summed E-state index contributed by atoms with van der Waals surface area (Å²) in [5.74, 6) is -0.504. The molecule has 5 nitrogen and oxygen atoms in total. The summed E-state index contributed by atoms with van der Waals surface area (Å²) in [4.78, 5) is 22.6. The fraction of sp³-hybridized carbons (Fsp3) is 0.333. The van der Waals surface area contributed by atoms with Crippen molar-refractivity contribution >= 4 is 17.6 Å². The molecular weight excluding hydrogens is 218 g/mol. The van der Waals surface area contributed by atoms with Gasteiger partial charge in [0.15, 0.2) is 0 Å². The number of urea groups is 1. The summed E-state index contributed by atoms with van der Waals surface area (Å²) >= 11 is 0. The Labute approximate surface area is 99.4 Å². The first kappa shape index (κ1) is 11.4. The standard InChI is InChI=1S/C12H15N3O2/c1-7-2-3-8(11(13)16)6-10(7)15-12(17)14-9-4-5-9/h2-3,6,9H,4-5H2,1H3,(H2,13,16)(H2,14,15,17). The van der Waals surface area contributed by atoms with Crippen molar-refractivity contribution in [3.8, 4) is 0 Å². The number of hydrogen-bond acceptors (Lipinski definition) is 2. The Morgan fingerprint density at radius 3 is 2.65 bits per heavy atom. The molecule has 90 valence electrons. The fourth-order valence-corrected chi connectivity index (χ4v) is 1.48. The molecule has 4 N–H and O–H groups in total. The van der Waals surface area contributed by atoms with Crippen molar-refractivity contribution in [2.24, 2.45) is 5.73 Å². The number of primary amides is 1. The zero-order valence-electron chi connectivity index (χ0n) is 9.62. The lowest BCUT2D eigenvalue weighted by Gasteiger charge is -2.10. The summed E-state index contributed by atoms with van der Waals surface area (Å²) in [7, 11) is 0. The maximum atomic E-state index is 11.6. The highest BCUT2D eigenvalue weighted by molar-refractivity contribution is 5.96. The number of amides is 3. The van der Waals surface area contributed by atoms with Gasteiger partial charge in [-0.25, -0.2) is 4.79 Å². The molecule has 1 aromatic carbocycles. The van der Waals surface area contributed by atoms with E-state index in [0.29, 0.717) is 17.3 Å². The highest BCUT2D eigenvalue weighted by Gasteiger charge is 2.23. The summed E-state index contributed by atoms with van der Waals surface area (Å²) in [6, 6.07) is 5.05. The Balaban J connectivity index is 2.09. The third-order valence-electron chi connectivity index (χ3n) is 2.68. The third-order valence-corrected chi connectivity index (χ3v) is 2.68. The molecule has 0 bridgehead atoms. The molecule has 0 atom stereocenters. The molecule has 0 aliphatic heterocycles. The van der Waals surface area contributed by atoms with E-state index in [1.54, 1.807) is 18.2 Å². The van der Waals surface area contributed by atoms with Crippen molar-refractivity contribution in [2.75, 3.05) is 5.32 Å². The van der Waals surface area contributed by atoms with E-state index in [9.17, 15) is 9.59 Å². The van der Waals surface area contributed by atoms with Crippen LogP contribution in [0.4, 0.5) is 10.5 Å². The van der Waals surface area contributed by atoms with Gasteiger partial charge in [0, 0.05) is 17.3 Å². The van der Waals surface area contributed by atoms with Crippen molar-refractivity contribution in [3.05, 3.63) is 29.3 Å². The zero-order chi connectivity index (χ0) is 12.4. The highest BCUT2D eigenvalue weighted by Crippen LogP contribution is 2.20. The predicted octanol–water partition coefficient (Wildman–Crippen LogP) is 1.38. The van der Waals surface area contributed by atoms with Crippen LogP contribution < -0.4 is 16.4 Å². The maximum Gasteiger partial charge on any atom is 0.319 e. The molecule has 5 heteroatoms. The number of nitrogens with two attached hydrogens (primary N) is 1. The average molecular weight is 233 g/mol. The van der Waals surface area contributed by atoms with E-state index in [1.807, 2.05) is 6.92 Å². The number of anilines is 1. The molecule has 1 saturated carbocycles. The molecule has 0 unspecified atom stereocenters. The molecule has 0 spiro atoms. The van der Waals surface area contributed by atoms with Crippen molar-refractivity contribution in [1.82, 2.24) is 5.32 Å². The minimum atomic E-state index is -0.504. The molecule has 1 fully saturated rings. The van der Waals surface area contributed by atoms with Gasteiger partial charge < -0.3 is 16.4 Å². The van der Waals surface area contributed by atoms with Crippen molar-refractivity contribution in [3.63, 3.8) is 0 Å². The molecule has 0 radical (unpaired) electrons. The van der Waals surface area contributed by atoms with Gasteiger partial charge in [-0.1, -0.05) is 6.07 Å². The number of aryl methyl sites for hydroxylation is 1. The van der Waals surface area contributed by atoms with E-state index in [1.165, 1.54) is 0 Å².